The van der Waals surface area contributed by atoms with Crippen LogP contribution in [0.4, 0.5) is 0 Å². The SMILES string of the molecule is CC[C@@H](CCC[C@@H](CO)N(CC(C)C)S(=O)(=O)c1ccc(CO)cc1)N(C)C(=O)[C@@H](N)C(c1ccccc1)c1ccccc1. The number of hydrogen-bond acceptors (Lipinski definition) is 6. The highest BCUT2D eigenvalue weighted by Gasteiger charge is 2.34. The molecule has 0 saturated carbocycles. The van der Waals surface area contributed by atoms with Gasteiger partial charge in [0, 0.05) is 31.6 Å². The molecule has 3 aromatic rings. The summed E-state index contributed by atoms with van der Waals surface area (Å²) >= 11 is 0. The van der Waals surface area contributed by atoms with Crippen molar-refractivity contribution in [3.63, 3.8) is 0 Å². The summed E-state index contributed by atoms with van der Waals surface area (Å²) in [5, 5.41) is 19.7. The lowest BCUT2D eigenvalue weighted by molar-refractivity contribution is -0.134. The number of nitrogens with two attached hydrogens (primary N) is 1. The van der Waals surface area contributed by atoms with Crippen LogP contribution < -0.4 is 5.73 Å². The number of carbonyl (C=O) groups excluding carboxylic acids is 1. The average Bonchev–Trinajstić information content (AvgIpc) is 3.04. The maximum absolute atomic E-state index is 13.8. The molecule has 3 aromatic carbocycles. The Labute approximate surface area is 263 Å². The van der Waals surface area contributed by atoms with E-state index in [0.717, 1.165) is 11.1 Å². The van der Waals surface area contributed by atoms with Gasteiger partial charge in [-0.25, -0.2) is 8.42 Å². The highest BCUT2D eigenvalue weighted by atomic mass is 32.2. The second-order valence-corrected chi connectivity index (χ2v) is 13.8. The highest BCUT2D eigenvalue weighted by Crippen LogP contribution is 2.29. The van der Waals surface area contributed by atoms with E-state index < -0.39 is 22.1 Å². The molecule has 240 valence electrons. The number of benzene rings is 3. The van der Waals surface area contributed by atoms with Crippen molar-refractivity contribution in [2.24, 2.45) is 11.7 Å². The van der Waals surface area contributed by atoms with Crippen molar-refractivity contribution in [1.29, 1.82) is 0 Å². The lowest BCUT2D eigenvalue weighted by atomic mass is 9.84. The second kappa shape index (κ2) is 16.8. The molecule has 0 fully saturated rings. The summed E-state index contributed by atoms with van der Waals surface area (Å²) < 4.78 is 28.8. The van der Waals surface area contributed by atoms with Crippen LogP contribution in [-0.2, 0) is 21.4 Å². The molecule has 0 spiro atoms. The minimum Gasteiger partial charge on any atom is -0.395 e. The van der Waals surface area contributed by atoms with Crippen LogP contribution in [0.5, 0.6) is 0 Å². The number of likely N-dealkylation sites (N-methyl/N-ethyl adjacent to an activating group) is 1. The van der Waals surface area contributed by atoms with E-state index in [-0.39, 0.29) is 48.4 Å². The fourth-order valence-electron chi connectivity index (χ4n) is 5.78. The Morgan fingerprint density at radius 3 is 1.82 bits per heavy atom. The van der Waals surface area contributed by atoms with Gasteiger partial charge in [0.15, 0.2) is 0 Å². The number of amides is 1. The standard InChI is InChI=1S/C35H49N3O5S/c1-5-30(37(4)35(41)34(36)33(28-13-8-6-9-14-28)29-15-10-7-11-16-29)17-12-18-31(25-40)38(23-26(2)3)44(42,43)32-21-19-27(24-39)20-22-32/h6-11,13-16,19-22,26,30-31,33-34,39-40H,5,12,17-18,23-25,36H2,1-4H3/t30-,31-,34-/m0/s1. The van der Waals surface area contributed by atoms with Crippen LogP contribution in [0.2, 0.25) is 0 Å². The van der Waals surface area contributed by atoms with Crippen LogP contribution in [-0.4, -0.2) is 72.1 Å². The first-order chi connectivity index (χ1) is 21.0. The summed E-state index contributed by atoms with van der Waals surface area (Å²) in [5.41, 5.74) is 9.29. The van der Waals surface area contributed by atoms with Crippen LogP contribution in [0.3, 0.4) is 0 Å². The molecule has 4 N–H and O–H groups in total. The molecule has 44 heavy (non-hydrogen) atoms. The van der Waals surface area contributed by atoms with Crippen LogP contribution in [0.15, 0.2) is 89.8 Å². The molecule has 0 heterocycles. The quantitative estimate of drug-likeness (QED) is 0.199. The van der Waals surface area contributed by atoms with Gasteiger partial charge in [-0.1, -0.05) is 93.6 Å². The maximum Gasteiger partial charge on any atom is 0.243 e. The molecule has 0 aromatic heterocycles. The third kappa shape index (κ3) is 8.99. The Hall–Kier alpha value is -3.08. The van der Waals surface area contributed by atoms with E-state index in [1.165, 1.54) is 16.4 Å². The molecule has 0 aliphatic rings. The zero-order valence-corrected chi connectivity index (χ0v) is 27.2. The van der Waals surface area contributed by atoms with Gasteiger partial charge in [0.2, 0.25) is 15.9 Å². The zero-order chi connectivity index (χ0) is 32.3. The molecule has 0 aliphatic carbocycles. The van der Waals surface area contributed by atoms with E-state index in [1.54, 1.807) is 24.1 Å². The van der Waals surface area contributed by atoms with Crippen LogP contribution in [0.1, 0.15) is 69.1 Å². The van der Waals surface area contributed by atoms with Gasteiger partial charge in [-0.15, -0.1) is 0 Å². The first-order valence-electron chi connectivity index (χ1n) is 15.5. The highest BCUT2D eigenvalue weighted by molar-refractivity contribution is 7.89. The van der Waals surface area contributed by atoms with E-state index in [0.29, 0.717) is 31.2 Å². The zero-order valence-electron chi connectivity index (χ0n) is 26.4. The number of carbonyl (C=O) groups is 1. The number of aliphatic hydroxyl groups is 2. The van der Waals surface area contributed by atoms with Gasteiger partial charge >= 0.3 is 0 Å². The molecule has 0 saturated heterocycles. The van der Waals surface area contributed by atoms with Crippen LogP contribution >= 0.6 is 0 Å². The fraction of sp³-hybridized carbons (Fsp3) is 0.457. The number of rotatable bonds is 17. The molecule has 3 rings (SSSR count). The molecular weight excluding hydrogens is 574 g/mol. The lowest BCUT2D eigenvalue weighted by Crippen LogP contribution is -2.49. The summed E-state index contributed by atoms with van der Waals surface area (Å²) in [5.74, 6) is -0.403. The molecule has 3 atom stereocenters. The topological polar surface area (TPSA) is 124 Å². The average molecular weight is 624 g/mol. The summed E-state index contributed by atoms with van der Waals surface area (Å²) in [4.78, 5) is 15.7. The smallest absolute Gasteiger partial charge is 0.243 e. The van der Waals surface area contributed by atoms with Gasteiger partial charge in [-0.3, -0.25) is 4.79 Å². The third-order valence-electron chi connectivity index (χ3n) is 8.28. The first kappa shape index (κ1) is 35.4. The molecular formula is C35H49N3O5S. The summed E-state index contributed by atoms with van der Waals surface area (Å²) in [6, 6.07) is 24.4. The van der Waals surface area contributed by atoms with Crippen molar-refractivity contribution >= 4 is 15.9 Å². The number of aliphatic hydroxyl groups excluding tert-OH is 2. The molecule has 0 aliphatic heterocycles. The van der Waals surface area contributed by atoms with E-state index in [9.17, 15) is 23.4 Å². The second-order valence-electron chi connectivity index (χ2n) is 11.9. The van der Waals surface area contributed by atoms with Crippen molar-refractivity contribution in [1.82, 2.24) is 9.21 Å². The van der Waals surface area contributed by atoms with Crippen LogP contribution in [0, 0.1) is 5.92 Å². The van der Waals surface area contributed by atoms with Crippen molar-refractivity contribution in [2.45, 2.75) is 82.0 Å². The fourth-order valence-corrected chi connectivity index (χ4v) is 7.59. The van der Waals surface area contributed by atoms with Crippen molar-refractivity contribution in [3.05, 3.63) is 102 Å². The molecule has 1 amide bonds. The predicted molar refractivity (Wildman–Crippen MR) is 175 cm³/mol. The van der Waals surface area contributed by atoms with Gasteiger partial charge in [0.25, 0.3) is 0 Å². The lowest BCUT2D eigenvalue weighted by Gasteiger charge is -2.34. The Balaban J connectivity index is 1.74. The summed E-state index contributed by atoms with van der Waals surface area (Å²) in [6.07, 6.45) is 2.42. The van der Waals surface area contributed by atoms with Crippen molar-refractivity contribution in [2.75, 3.05) is 20.2 Å². The van der Waals surface area contributed by atoms with Gasteiger partial charge in [0.1, 0.15) is 0 Å². The van der Waals surface area contributed by atoms with Gasteiger partial charge < -0.3 is 20.8 Å². The minimum absolute atomic E-state index is 0.0475. The first-order valence-corrected chi connectivity index (χ1v) is 16.9. The van der Waals surface area contributed by atoms with E-state index in [1.807, 2.05) is 81.4 Å². The predicted octanol–water partition coefficient (Wildman–Crippen LogP) is 4.75. The molecule has 0 unspecified atom stereocenters. The minimum atomic E-state index is -3.88. The number of sulfonamides is 1. The number of nitrogens with zero attached hydrogens (tertiary/aromatic N) is 2. The molecule has 8 nitrogen and oxygen atoms in total. The van der Waals surface area contributed by atoms with Crippen molar-refractivity contribution in [3.8, 4) is 0 Å². The van der Waals surface area contributed by atoms with E-state index in [2.05, 4.69) is 0 Å². The Morgan fingerprint density at radius 1 is 0.841 bits per heavy atom. The summed E-state index contributed by atoms with van der Waals surface area (Å²) in [7, 11) is -2.09. The Kier molecular flexibility index (Phi) is 13.5. The van der Waals surface area contributed by atoms with Crippen LogP contribution in [0.25, 0.3) is 0 Å². The molecule has 0 bridgehead atoms. The normalized spacial score (nSPS) is 14.1. The summed E-state index contributed by atoms with van der Waals surface area (Å²) in [6.45, 7) is 5.70. The van der Waals surface area contributed by atoms with E-state index in [4.69, 9.17) is 5.73 Å². The molecule has 9 heteroatoms. The largest absolute Gasteiger partial charge is 0.395 e. The monoisotopic (exact) mass is 623 g/mol. The maximum atomic E-state index is 13.8. The Morgan fingerprint density at radius 2 is 1.36 bits per heavy atom. The van der Waals surface area contributed by atoms with Gasteiger partial charge in [-0.2, -0.15) is 4.31 Å². The van der Waals surface area contributed by atoms with Gasteiger partial charge in [0.05, 0.1) is 24.2 Å². The van der Waals surface area contributed by atoms with Gasteiger partial charge in [-0.05, 0) is 60.4 Å². The third-order valence-corrected chi connectivity index (χ3v) is 10.2. The molecule has 0 radical (unpaired) electrons. The van der Waals surface area contributed by atoms with Crippen molar-refractivity contribution < 1.29 is 23.4 Å². The Bertz CT molecular complexity index is 1350. The number of hydrogen-bond donors (Lipinski definition) is 3. The van der Waals surface area contributed by atoms with E-state index >= 15 is 0 Å².